The summed E-state index contributed by atoms with van der Waals surface area (Å²) in [5.74, 6) is -2.15. The number of aryl methyl sites for hydroxylation is 1. The fourth-order valence-electron chi connectivity index (χ4n) is 7.58. The third-order valence-corrected chi connectivity index (χ3v) is 11.9. The minimum Gasteiger partial charge on any atom is -0.459 e. The lowest BCUT2D eigenvalue weighted by Gasteiger charge is -2.30. The summed E-state index contributed by atoms with van der Waals surface area (Å²) in [5, 5.41) is 3.27. The predicted octanol–water partition coefficient (Wildman–Crippen LogP) is 5.30. The normalized spacial score (nSPS) is 26.4. The molecule has 0 spiro atoms. The molecule has 2 N–H and O–H groups in total. The average molecular weight is 737 g/mol. The van der Waals surface area contributed by atoms with Crippen LogP contribution in [0.4, 0.5) is 10.1 Å². The van der Waals surface area contributed by atoms with Gasteiger partial charge in [0.05, 0.1) is 29.0 Å². The number of halogens is 1. The number of amides is 2. The number of para-hydroxylation sites is 2. The summed E-state index contributed by atoms with van der Waals surface area (Å²) in [4.78, 5) is 49.1. The van der Waals surface area contributed by atoms with Gasteiger partial charge in [-0.25, -0.2) is 9.11 Å². The number of hydrogen-bond donors (Lipinski definition) is 2. The molecule has 6 rings (SSSR count). The first kappa shape index (κ1) is 37.5. The van der Waals surface area contributed by atoms with Crippen molar-refractivity contribution in [2.24, 2.45) is 11.3 Å². The van der Waals surface area contributed by atoms with Crippen LogP contribution in [0.1, 0.15) is 76.8 Å². The second-order valence-corrected chi connectivity index (χ2v) is 16.8. The van der Waals surface area contributed by atoms with Crippen LogP contribution in [-0.4, -0.2) is 83.6 Å². The van der Waals surface area contributed by atoms with E-state index < -0.39 is 45.5 Å². The molecular formula is C38H49FN6O6S. The Kier molecular flexibility index (Phi) is 10.8. The number of imidazole rings is 1. The molecule has 0 radical (unpaired) electrons. The number of carbonyl (C=O) groups excluding carboxylic acids is 3. The van der Waals surface area contributed by atoms with Gasteiger partial charge in [-0.05, 0) is 88.3 Å². The van der Waals surface area contributed by atoms with Gasteiger partial charge in [0, 0.05) is 38.7 Å². The predicted molar refractivity (Wildman–Crippen MR) is 196 cm³/mol. The van der Waals surface area contributed by atoms with Crippen molar-refractivity contribution in [2.45, 2.75) is 96.4 Å². The number of aromatic nitrogens is 2. The summed E-state index contributed by atoms with van der Waals surface area (Å²) in [6.07, 6.45) is 7.12. The molecule has 1 saturated carbocycles. The molecule has 280 valence electrons. The summed E-state index contributed by atoms with van der Waals surface area (Å²) < 4.78 is 51.5. The highest BCUT2D eigenvalue weighted by Gasteiger charge is 2.61. The number of Topliss-reactive ketones (excluding diaryl/α,β-unsaturated/α-hetero) is 1. The molecule has 1 aromatic heterocycles. The summed E-state index contributed by atoms with van der Waals surface area (Å²) in [6.45, 7) is 5.92. The van der Waals surface area contributed by atoms with Crippen LogP contribution >= 0.6 is 0 Å². The number of nitrogens with one attached hydrogen (secondary N) is 2. The van der Waals surface area contributed by atoms with Crippen molar-refractivity contribution in [1.29, 1.82) is 0 Å². The number of ether oxygens (including phenoxy) is 1. The van der Waals surface area contributed by atoms with E-state index in [9.17, 15) is 27.2 Å². The highest BCUT2D eigenvalue weighted by Crippen LogP contribution is 2.57. The molecule has 52 heavy (non-hydrogen) atoms. The summed E-state index contributed by atoms with van der Waals surface area (Å²) in [5.41, 5.74) is 1.56. The molecule has 3 aromatic rings. The fourth-order valence-corrected chi connectivity index (χ4v) is 8.20. The first-order valence-electron chi connectivity index (χ1n) is 18.1. The van der Waals surface area contributed by atoms with Gasteiger partial charge in [0.25, 0.3) is 6.01 Å². The molecule has 14 heteroatoms. The first-order chi connectivity index (χ1) is 24.7. The van der Waals surface area contributed by atoms with Crippen LogP contribution in [0.15, 0.2) is 54.6 Å². The van der Waals surface area contributed by atoms with Crippen molar-refractivity contribution in [1.82, 2.24) is 23.5 Å². The smallest absolute Gasteiger partial charge is 0.303 e. The van der Waals surface area contributed by atoms with Crippen LogP contribution in [0.3, 0.4) is 0 Å². The lowest BCUT2D eigenvalue weighted by molar-refractivity contribution is -0.139. The van der Waals surface area contributed by atoms with Crippen molar-refractivity contribution in [2.75, 3.05) is 26.0 Å². The monoisotopic (exact) mass is 736 g/mol. The van der Waals surface area contributed by atoms with E-state index in [1.807, 2.05) is 54.8 Å². The van der Waals surface area contributed by atoms with E-state index in [-0.39, 0.29) is 43.0 Å². The zero-order chi connectivity index (χ0) is 37.4. The Bertz CT molecular complexity index is 1960. The number of allylic oxidation sites excluding steroid dienone is 2. The quantitative estimate of drug-likeness (QED) is 0.297. The van der Waals surface area contributed by atoms with Crippen LogP contribution in [0, 0.1) is 24.1 Å². The summed E-state index contributed by atoms with van der Waals surface area (Å²) in [7, 11) is -1.46. The van der Waals surface area contributed by atoms with E-state index in [0.717, 1.165) is 34.6 Å². The zero-order valence-electron chi connectivity index (χ0n) is 30.5. The molecule has 1 saturated heterocycles. The Morgan fingerprint density at radius 3 is 2.62 bits per heavy atom. The zero-order valence-corrected chi connectivity index (χ0v) is 31.3. The first-order valence-corrected chi connectivity index (χ1v) is 19.5. The number of hydrogen-bond acceptors (Lipinski definition) is 8. The van der Waals surface area contributed by atoms with Gasteiger partial charge in [0.1, 0.15) is 18.0 Å². The van der Waals surface area contributed by atoms with Crippen LogP contribution in [0.5, 0.6) is 6.01 Å². The van der Waals surface area contributed by atoms with Crippen LogP contribution in [0.25, 0.3) is 11.0 Å². The number of rotatable bonds is 8. The van der Waals surface area contributed by atoms with E-state index in [4.69, 9.17) is 9.72 Å². The topological polar surface area (TPSA) is 143 Å². The summed E-state index contributed by atoms with van der Waals surface area (Å²) in [6, 6.07) is 10.9. The molecule has 2 fully saturated rings. The number of nitrogens with zero attached hydrogens (tertiary/aromatic N) is 4. The number of ketones is 1. The van der Waals surface area contributed by atoms with E-state index >= 15 is 0 Å². The molecule has 3 heterocycles. The molecule has 2 aliphatic heterocycles. The Balaban J connectivity index is 1.35. The van der Waals surface area contributed by atoms with E-state index in [2.05, 4.69) is 10.0 Å². The number of carbonyl (C=O) groups is 3. The van der Waals surface area contributed by atoms with Crippen molar-refractivity contribution in [3.05, 3.63) is 66.0 Å². The van der Waals surface area contributed by atoms with Gasteiger partial charge >= 0.3 is 10.2 Å². The van der Waals surface area contributed by atoms with Crippen molar-refractivity contribution < 1.29 is 31.9 Å². The number of fused-ring (bicyclic) bond motifs is 3. The second kappa shape index (κ2) is 15.0. The van der Waals surface area contributed by atoms with Gasteiger partial charge in [0.15, 0.2) is 5.78 Å². The van der Waals surface area contributed by atoms with Gasteiger partial charge < -0.3 is 15.0 Å². The molecule has 2 amide bonds. The maximum Gasteiger partial charge on any atom is 0.303 e. The summed E-state index contributed by atoms with van der Waals surface area (Å²) >= 11 is 0. The van der Waals surface area contributed by atoms with Gasteiger partial charge in [-0.3, -0.25) is 19.0 Å². The van der Waals surface area contributed by atoms with Gasteiger partial charge in [-0.2, -0.15) is 17.7 Å². The lowest BCUT2D eigenvalue weighted by Crippen LogP contribution is -2.49. The molecule has 1 aliphatic carbocycles. The van der Waals surface area contributed by atoms with Crippen molar-refractivity contribution >= 4 is 44.5 Å². The SMILES string of the molecule is Cc1cc(F)cc(N[C@H]2CCCCC/C=C\[C@H]3C[C@@]3(C(=O)NS(=O)(=O)N(C)C)CC(=O)[C@@H]3C[C@@H](Oc4nc5ccccc5n4C(C)C)CN3C2=O)c1. The van der Waals surface area contributed by atoms with Crippen molar-refractivity contribution in [3.63, 3.8) is 0 Å². The minimum atomic E-state index is -4.11. The Hall–Kier alpha value is -4.30. The third-order valence-electron chi connectivity index (χ3n) is 10.5. The third kappa shape index (κ3) is 7.87. The van der Waals surface area contributed by atoms with E-state index in [1.54, 1.807) is 13.0 Å². The molecule has 0 bridgehead atoms. The van der Waals surface area contributed by atoms with E-state index in [0.29, 0.717) is 36.5 Å². The van der Waals surface area contributed by atoms with Gasteiger partial charge in [0.2, 0.25) is 11.8 Å². The molecule has 12 nitrogen and oxygen atoms in total. The number of anilines is 1. The van der Waals surface area contributed by atoms with E-state index in [1.165, 1.54) is 31.1 Å². The van der Waals surface area contributed by atoms with Crippen molar-refractivity contribution in [3.8, 4) is 6.01 Å². The highest BCUT2D eigenvalue weighted by molar-refractivity contribution is 7.87. The minimum absolute atomic E-state index is 0.0116. The maximum absolute atomic E-state index is 14.6. The molecule has 5 atom stereocenters. The molecule has 3 aliphatic rings. The Morgan fingerprint density at radius 2 is 1.88 bits per heavy atom. The highest BCUT2D eigenvalue weighted by atomic mass is 32.2. The molecule has 0 unspecified atom stereocenters. The second-order valence-electron chi connectivity index (χ2n) is 14.9. The van der Waals surface area contributed by atoms with Crippen LogP contribution < -0.4 is 14.8 Å². The maximum atomic E-state index is 14.6. The lowest BCUT2D eigenvalue weighted by atomic mass is 9.91. The van der Waals surface area contributed by atoms with Crippen LogP contribution in [0.2, 0.25) is 0 Å². The largest absolute Gasteiger partial charge is 0.459 e. The Labute approximate surface area is 305 Å². The standard InChI is InChI=1S/C38H49FN6O6S/c1-24(2)45-32-16-12-11-14-30(32)41-37(45)51-29-20-33-34(46)22-38(36(48)42-52(49,50)43(4)5)21-26(38)13-9-7-6-8-10-15-31(35(47)44(33)23-29)40-28-18-25(3)17-27(39)19-28/h9,11-14,16-19,24,26,29,31,33,40H,6-8,10,15,20-23H2,1-5H3,(H,42,48)/b13-9-/t26-,29+,31-,33-,38+/m0/s1. The Morgan fingerprint density at radius 1 is 1.12 bits per heavy atom. The molecule has 2 aromatic carbocycles. The van der Waals surface area contributed by atoms with Crippen LogP contribution in [-0.2, 0) is 24.6 Å². The van der Waals surface area contributed by atoms with Gasteiger partial charge in [-0.15, -0.1) is 0 Å². The molecular weight excluding hydrogens is 688 g/mol. The fraction of sp³-hybridized carbons (Fsp3) is 0.526. The van der Waals surface area contributed by atoms with Gasteiger partial charge in [-0.1, -0.05) is 37.1 Å². The number of benzene rings is 2. The average Bonchev–Trinajstić information content (AvgIpc) is 3.40.